The minimum Gasteiger partial charge on any atom is -0.406 e. The van der Waals surface area contributed by atoms with E-state index in [2.05, 4.69) is 25.6 Å². The highest BCUT2D eigenvalue weighted by Gasteiger charge is 2.31. The minimum atomic E-state index is -4.75. The van der Waals surface area contributed by atoms with Gasteiger partial charge in [0.05, 0.1) is 10.9 Å². The van der Waals surface area contributed by atoms with Crippen LogP contribution < -0.4 is 10.1 Å². The lowest BCUT2D eigenvalue weighted by Gasteiger charge is -2.12. The Bertz CT molecular complexity index is 746. The largest absolute Gasteiger partial charge is 0.573 e. The van der Waals surface area contributed by atoms with Crippen molar-refractivity contribution in [3.05, 3.63) is 24.3 Å². The lowest BCUT2D eigenvalue weighted by Crippen LogP contribution is -2.32. The van der Waals surface area contributed by atoms with E-state index in [4.69, 9.17) is 0 Å². The Balaban J connectivity index is 1.69. The molecule has 1 amide bonds. The van der Waals surface area contributed by atoms with Gasteiger partial charge in [-0.2, -0.15) is 4.68 Å². The zero-order valence-corrected chi connectivity index (χ0v) is 13.8. The first-order chi connectivity index (χ1) is 11.8. The lowest BCUT2D eigenvalue weighted by atomic mass is 10.3. The molecule has 25 heavy (non-hydrogen) atoms. The van der Waals surface area contributed by atoms with E-state index in [-0.39, 0.29) is 17.7 Å². The maximum absolute atomic E-state index is 12.2. The van der Waals surface area contributed by atoms with E-state index in [1.807, 2.05) is 0 Å². The van der Waals surface area contributed by atoms with Crippen LogP contribution in [0.3, 0.4) is 0 Å². The van der Waals surface area contributed by atoms with Crippen molar-refractivity contribution in [1.82, 2.24) is 25.5 Å². The Kier molecular flexibility index (Phi) is 4.84. The molecule has 1 aliphatic rings. The molecule has 7 nitrogen and oxygen atoms in total. The van der Waals surface area contributed by atoms with Gasteiger partial charge in [-0.1, -0.05) is 11.8 Å². The van der Waals surface area contributed by atoms with Gasteiger partial charge < -0.3 is 10.1 Å². The quantitative estimate of drug-likeness (QED) is 0.783. The first-order valence-corrected chi connectivity index (χ1v) is 8.31. The molecule has 134 valence electrons. The molecule has 1 unspecified atom stereocenters. The number of nitrogens with zero attached hydrogens (tertiary/aromatic N) is 4. The van der Waals surface area contributed by atoms with E-state index in [1.54, 1.807) is 6.92 Å². The first kappa shape index (κ1) is 17.5. The fourth-order valence-corrected chi connectivity index (χ4v) is 2.78. The number of halogens is 3. The van der Waals surface area contributed by atoms with Gasteiger partial charge in [0.1, 0.15) is 5.75 Å². The minimum absolute atomic E-state index is 0.101. The Morgan fingerprint density at radius 2 is 2.04 bits per heavy atom. The van der Waals surface area contributed by atoms with Crippen molar-refractivity contribution in [3.8, 4) is 11.4 Å². The molecule has 0 spiro atoms. The van der Waals surface area contributed by atoms with Gasteiger partial charge in [-0.05, 0) is 54.5 Å². The van der Waals surface area contributed by atoms with Crippen LogP contribution >= 0.6 is 11.8 Å². The second-order valence-electron chi connectivity index (χ2n) is 5.46. The van der Waals surface area contributed by atoms with Crippen LogP contribution in [0, 0.1) is 0 Å². The van der Waals surface area contributed by atoms with Crippen LogP contribution in [0.2, 0.25) is 0 Å². The van der Waals surface area contributed by atoms with E-state index >= 15 is 0 Å². The van der Waals surface area contributed by atoms with E-state index in [1.165, 1.54) is 40.7 Å². The Morgan fingerprint density at radius 3 is 2.64 bits per heavy atom. The Labute approximate surface area is 144 Å². The Hall–Kier alpha value is -2.30. The molecule has 1 aliphatic carbocycles. The third-order valence-electron chi connectivity index (χ3n) is 3.33. The van der Waals surface area contributed by atoms with Crippen molar-refractivity contribution >= 4 is 17.7 Å². The number of hydrogen-bond donors (Lipinski definition) is 1. The number of aromatic nitrogens is 4. The zero-order chi connectivity index (χ0) is 18.0. The van der Waals surface area contributed by atoms with Gasteiger partial charge in [-0.3, -0.25) is 4.79 Å². The molecule has 0 saturated heterocycles. The maximum atomic E-state index is 12.2. The topological polar surface area (TPSA) is 81.9 Å². The molecule has 0 bridgehead atoms. The summed E-state index contributed by atoms with van der Waals surface area (Å²) in [6.45, 7) is 1.74. The summed E-state index contributed by atoms with van der Waals surface area (Å²) in [5.41, 5.74) is 0.455. The molecule has 11 heteroatoms. The number of tetrazole rings is 1. The van der Waals surface area contributed by atoms with Gasteiger partial charge in [0.25, 0.3) is 0 Å². The molecule has 1 aromatic carbocycles. The molecular weight excluding hydrogens is 359 g/mol. The summed E-state index contributed by atoms with van der Waals surface area (Å²) < 4.78 is 41.8. The van der Waals surface area contributed by atoms with Crippen molar-refractivity contribution in [3.63, 3.8) is 0 Å². The molecule has 2 aromatic rings. The summed E-state index contributed by atoms with van der Waals surface area (Å²) >= 11 is 1.17. The van der Waals surface area contributed by atoms with Gasteiger partial charge in [-0.15, -0.1) is 18.3 Å². The highest BCUT2D eigenvalue weighted by atomic mass is 32.2. The third-order valence-corrected chi connectivity index (χ3v) is 4.36. The van der Waals surface area contributed by atoms with Crippen molar-refractivity contribution in [1.29, 1.82) is 0 Å². The van der Waals surface area contributed by atoms with Crippen molar-refractivity contribution in [2.75, 3.05) is 0 Å². The second-order valence-corrected chi connectivity index (χ2v) is 6.77. The molecule has 1 fully saturated rings. The van der Waals surface area contributed by atoms with Gasteiger partial charge >= 0.3 is 6.36 Å². The average molecular weight is 373 g/mol. The smallest absolute Gasteiger partial charge is 0.406 e. The van der Waals surface area contributed by atoms with Gasteiger partial charge in [0.15, 0.2) is 0 Å². The van der Waals surface area contributed by atoms with E-state index in [0.29, 0.717) is 10.8 Å². The molecular formula is C14H14F3N5O2S. The number of carbonyl (C=O) groups excluding carboxylic acids is 1. The number of thioether (sulfide) groups is 1. The number of amides is 1. The number of rotatable bonds is 6. The van der Waals surface area contributed by atoms with E-state index in [0.717, 1.165) is 12.8 Å². The maximum Gasteiger partial charge on any atom is 0.573 e. The predicted octanol–water partition coefficient (Wildman–Crippen LogP) is 2.32. The van der Waals surface area contributed by atoms with Crippen molar-refractivity contribution < 1.29 is 22.7 Å². The van der Waals surface area contributed by atoms with Crippen LogP contribution in [-0.4, -0.2) is 43.8 Å². The fraction of sp³-hybridized carbons (Fsp3) is 0.429. The number of benzene rings is 1. The normalized spacial score (nSPS) is 15.7. The van der Waals surface area contributed by atoms with Crippen LogP contribution in [0.4, 0.5) is 13.2 Å². The van der Waals surface area contributed by atoms with Crippen LogP contribution in [0.15, 0.2) is 29.4 Å². The molecule has 0 radical (unpaired) electrons. The highest BCUT2D eigenvalue weighted by molar-refractivity contribution is 8.00. The predicted molar refractivity (Wildman–Crippen MR) is 82.3 cm³/mol. The first-order valence-electron chi connectivity index (χ1n) is 7.43. The van der Waals surface area contributed by atoms with E-state index < -0.39 is 11.6 Å². The number of carbonyl (C=O) groups is 1. The molecule has 1 saturated carbocycles. The zero-order valence-electron chi connectivity index (χ0n) is 13.0. The standard InChI is InChI=1S/C14H14F3N5O2S/c1-8(12(23)18-9-2-3-9)25-13-19-20-21-22(13)10-4-6-11(7-5-10)24-14(15,16)17/h4-9H,2-3H2,1H3,(H,18,23). The lowest BCUT2D eigenvalue weighted by molar-refractivity contribution is -0.274. The summed E-state index contributed by atoms with van der Waals surface area (Å²) in [4.78, 5) is 12.0. The Morgan fingerprint density at radius 1 is 1.36 bits per heavy atom. The number of hydrogen-bond acceptors (Lipinski definition) is 6. The molecule has 3 rings (SSSR count). The number of nitrogens with one attached hydrogen (secondary N) is 1. The summed E-state index contributed by atoms with van der Waals surface area (Å²) in [5.74, 6) is -0.438. The van der Waals surface area contributed by atoms with Gasteiger partial charge in [-0.25, -0.2) is 0 Å². The summed E-state index contributed by atoms with van der Waals surface area (Å²) in [6.07, 6.45) is -2.76. The fourth-order valence-electron chi connectivity index (χ4n) is 1.96. The van der Waals surface area contributed by atoms with E-state index in [9.17, 15) is 18.0 Å². The second kappa shape index (κ2) is 6.90. The molecule has 0 aliphatic heterocycles. The van der Waals surface area contributed by atoms with Crippen LogP contribution in [0.5, 0.6) is 5.75 Å². The number of alkyl halides is 3. The SMILES string of the molecule is CC(Sc1nnnn1-c1ccc(OC(F)(F)F)cc1)C(=O)NC1CC1. The third kappa shape index (κ3) is 4.84. The van der Waals surface area contributed by atoms with Crippen LogP contribution in [0.1, 0.15) is 19.8 Å². The summed E-state index contributed by atoms with van der Waals surface area (Å²) in [6, 6.07) is 5.39. The molecule has 1 heterocycles. The summed E-state index contributed by atoms with van der Waals surface area (Å²) in [5, 5.41) is 14.1. The van der Waals surface area contributed by atoms with Crippen LogP contribution in [0.25, 0.3) is 5.69 Å². The number of ether oxygens (including phenoxy) is 1. The van der Waals surface area contributed by atoms with Crippen LogP contribution in [-0.2, 0) is 4.79 Å². The summed E-state index contributed by atoms with van der Waals surface area (Å²) in [7, 11) is 0. The monoisotopic (exact) mass is 373 g/mol. The molecule has 1 N–H and O–H groups in total. The molecule has 1 aromatic heterocycles. The average Bonchev–Trinajstić information content (AvgIpc) is 3.23. The van der Waals surface area contributed by atoms with Gasteiger partial charge in [0.2, 0.25) is 11.1 Å². The highest BCUT2D eigenvalue weighted by Crippen LogP contribution is 2.27. The molecule has 1 atom stereocenters. The van der Waals surface area contributed by atoms with Crippen molar-refractivity contribution in [2.24, 2.45) is 0 Å². The van der Waals surface area contributed by atoms with Gasteiger partial charge in [0, 0.05) is 6.04 Å². The van der Waals surface area contributed by atoms with Crippen molar-refractivity contribution in [2.45, 2.75) is 42.6 Å².